The van der Waals surface area contributed by atoms with E-state index in [0.29, 0.717) is 25.6 Å². The van der Waals surface area contributed by atoms with E-state index >= 15 is 0 Å². The number of hydrogen-bond acceptors (Lipinski definition) is 4. The van der Waals surface area contributed by atoms with Gasteiger partial charge in [-0.1, -0.05) is 30.3 Å². The van der Waals surface area contributed by atoms with Gasteiger partial charge >= 0.3 is 5.97 Å². The number of hydrogen-bond donors (Lipinski definition) is 3. The van der Waals surface area contributed by atoms with Crippen LogP contribution in [0.25, 0.3) is 0 Å². The van der Waals surface area contributed by atoms with Crippen LogP contribution in [0.15, 0.2) is 35.3 Å². The van der Waals surface area contributed by atoms with Crippen molar-refractivity contribution >= 4 is 11.9 Å². The maximum Gasteiger partial charge on any atom is 0.308 e. The van der Waals surface area contributed by atoms with Gasteiger partial charge in [-0.05, 0) is 45.1 Å². The number of nitrogens with one attached hydrogen (secondary N) is 2. The lowest BCUT2D eigenvalue weighted by Crippen LogP contribution is -2.45. The van der Waals surface area contributed by atoms with Crippen LogP contribution in [0.3, 0.4) is 0 Å². The molecule has 27 heavy (non-hydrogen) atoms. The Morgan fingerprint density at radius 3 is 2.56 bits per heavy atom. The summed E-state index contributed by atoms with van der Waals surface area (Å²) < 4.78 is 5.13. The van der Waals surface area contributed by atoms with E-state index < -0.39 is 6.10 Å². The van der Waals surface area contributed by atoms with Gasteiger partial charge in [0.05, 0.1) is 25.2 Å². The Hall–Kier alpha value is -2.08. The van der Waals surface area contributed by atoms with Gasteiger partial charge in [-0.15, -0.1) is 0 Å². The van der Waals surface area contributed by atoms with Crippen LogP contribution in [0, 0.1) is 5.92 Å². The first kappa shape index (κ1) is 21.2. The SMILES string of the molecule is CCNC(=NCC(O)Cc1ccccc1)NC1CCC(C(=O)OCC)CC1. The molecule has 1 aromatic carbocycles. The molecular weight excluding hydrogens is 342 g/mol. The normalized spacial score (nSPS) is 21.4. The zero-order valence-electron chi connectivity index (χ0n) is 16.5. The average Bonchev–Trinajstić information content (AvgIpc) is 2.68. The van der Waals surface area contributed by atoms with Gasteiger partial charge in [0.2, 0.25) is 0 Å². The van der Waals surface area contributed by atoms with Gasteiger partial charge in [0, 0.05) is 19.0 Å². The summed E-state index contributed by atoms with van der Waals surface area (Å²) in [6.45, 7) is 5.42. The molecule has 0 radical (unpaired) electrons. The molecule has 0 spiro atoms. The van der Waals surface area contributed by atoms with Crippen molar-refractivity contribution in [2.75, 3.05) is 19.7 Å². The van der Waals surface area contributed by atoms with Crippen molar-refractivity contribution in [3.05, 3.63) is 35.9 Å². The first-order valence-electron chi connectivity index (χ1n) is 10.1. The number of aliphatic hydroxyl groups excluding tert-OH is 1. The highest BCUT2D eigenvalue weighted by Gasteiger charge is 2.27. The lowest BCUT2D eigenvalue weighted by molar-refractivity contribution is -0.149. The lowest BCUT2D eigenvalue weighted by atomic mass is 9.86. The molecule has 0 bridgehead atoms. The monoisotopic (exact) mass is 375 g/mol. The first-order valence-corrected chi connectivity index (χ1v) is 10.1. The summed E-state index contributed by atoms with van der Waals surface area (Å²) in [5.74, 6) is 0.681. The van der Waals surface area contributed by atoms with Crippen LogP contribution >= 0.6 is 0 Å². The smallest absolute Gasteiger partial charge is 0.308 e. The highest BCUT2D eigenvalue weighted by atomic mass is 16.5. The average molecular weight is 376 g/mol. The molecule has 1 saturated carbocycles. The third-order valence-corrected chi connectivity index (χ3v) is 4.81. The third-order valence-electron chi connectivity index (χ3n) is 4.81. The first-order chi connectivity index (χ1) is 13.1. The summed E-state index contributed by atoms with van der Waals surface area (Å²) in [5, 5.41) is 16.9. The van der Waals surface area contributed by atoms with Gasteiger partial charge < -0.3 is 20.5 Å². The van der Waals surface area contributed by atoms with Crippen molar-refractivity contribution in [2.45, 2.75) is 58.1 Å². The van der Waals surface area contributed by atoms with Crippen LogP contribution in [0.4, 0.5) is 0 Å². The minimum atomic E-state index is -0.512. The van der Waals surface area contributed by atoms with E-state index in [4.69, 9.17) is 4.74 Å². The van der Waals surface area contributed by atoms with Crippen molar-refractivity contribution in [3.8, 4) is 0 Å². The van der Waals surface area contributed by atoms with E-state index in [0.717, 1.165) is 43.8 Å². The zero-order chi connectivity index (χ0) is 19.5. The Morgan fingerprint density at radius 2 is 1.93 bits per heavy atom. The molecule has 2 rings (SSSR count). The molecule has 1 aliphatic carbocycles. The third kappa shape index (κ3) is 7.59. The quantitative estimate of drug-likeness (QED) is 0.369. The second kappa shape index (κ2) is 11.6. The number of benzene rings is 1. The van der Waals surface area contributed by atoms with Crippen molar-refractivity contribution < 1.29 is 14.6 Å². The molecule has 0 aromatic heterocycles. The minimum absolute atomic E-state index is 0.0233. The zero-order valence-corrected chi connectivity index (χ0v) is 16.5. The van der Waals surface area contributed by atoms with Gasteiger partial charge in [0.1, 0.15) is 0 Å². The molecule has 0 saturated heterocycles. The molecule has 1 atom stereocenters. The second-order valence-electron chi connectivity index (χ2n) is 7.01. The Bertz CT molecular complexity index is 584. The molecule has 1 unspecified atom stereocenters. The van der Waals surface area contributed by atoms with Crippen molar-refractivity contribution in [2.24, 2.45) is 10.9 Å². The standard InChI is InChI=1S/C21H33N3O3/c1-3-22-21(23-15-19(25)14-16-8-6-5-7-9-16)24-18-12-10-17(11-13-18)20(26)27-4-2/h5-9,17-19,25H,3-4,10-15H2,1-2H3,(H2,22,23,24). The van der Waals surface area contributed by atoms with Gasteiger partial charge in [-0.2, -0.15) is 0 Å². The number of carbonyl (C=O) groups is 1. The van der Waals surface area contributed by atoms with Crippen LogP contribution in [-0.4, -0.2) is 48.9 Å². The number of ether oxygens (including phenoxy) is 1. The molecule has 1 aliphatic rings. The van der Waals surface area contributed by atoms with Crippen LogP contribution in [0.5, 0.6) is 0 Å². The summed E-state index contributed by atoms with van der Waals surface area (Å²) in [6.07, 6.45) is 3.59. The molecule has 6 nitrogen and oxygen atoms in total. The van der Waals surface area contributed by atoms with Crippen molar-refractivity contribution in [3.63, 3.8) is 0 Å². The molecule has 0 aliphatic heterocycles. The molecule has 0 amide bonds. The maximum atomic E-state index is 11.9. The van der Waals surface area contributed by atoms with E-state index in [1.165, 1.54) is 0 Å². The Kier molecular flexibility index (Phi) is 9.11. The van der Waals surface area contributed by atoms with E-state index in [-0.39, 0.29) is 11.9 Å². The van der Waals surface area contributed by atoms with Gasteiger partial charge in [-0.25, -0.2) is 0 Å². The fourth-order valence-corrected chi connectivity index (χ4v) is 3.39. The summed E-state index contributed by atoms with van der Waals surface area (Å²) in [7, 11) is 0. The number of rotatable bonds is 8. The summed E-state index contributed by atoms with van der Waals surface area (Å²) in [5.41, 5.74) is 1.11. The van der Waals surface area contributed by atoms with Crippen LogP contribution < -0.4 is 10.6 Å². The van der Waals surface area contributed by atoms with Gasteiger partial charge in [-0.3, -0.25) is 9.79 Å². The van der Waals surface area contributed by atoms with E-state index in [9.17, 15) is 9.90 Å². The molecular formula is C21H33N3O3. The molecule has 0 heterocycles. The van der Waals surface area contributed by atoms with Crippen LogP contribution in [0.1, 0.15) is 45.1 Å². The largest absolute Gasteiger partial charge is 0.466 e. The Labute approximate surface area is 162 Å². The molecule has 3 N–H and O–H groups in total. The topological polar surface area (TPSA) is 83.0 Å². The minimum Gasteiger partial charge on any atom is -0.466 e. The number of esters is 1. The van der Waals surface area contributed by atoms with Crippen molar-refractivity contribution in [1.82, 2.24) is 10.6 Å². The Morgan fingerprint density at radius 1 is 1.22 bits per heavy atom. The second-order valence-corrected chi connectivity index (χ2v) is 7.01. The fourth-order valence-electron chi connectivity index (χ4n) is 3.39. The van der Waals surface area contributed by atoms with Gasteiger partial charge in [0.15, 0.2) is 5.96 Å². The van der Waals surface area contributed by atoms with Crippen LogP contribution in [-0.2, 0) is 16.0 Å². The summed E-state index contributed by atoms with van der Waals surface area (Å²) in [6, 6.07) is 10.2. The van der Waals surface area contributed by atoms with E-state index in [1.54, 1.807) is 0 Å². The van der Waals surface area contributed by atoms with Crippen LogP contribution in [0.2, 0.25) is 0 Å². The number of carbonyl (C=O) groups excluding carboxylic acids is 1. The highest BCUT2D eigenvalue weighted by Crippen LogP contribution is 2.25. The van der Waals surface area contributed by atoms with E-state index in [2.05, 4.69) is 15.6 Å². The van der Waals surface area contributed by atoms with Crippen molar-refractivity contribution in [1.29, 1.82) is 0 Å². The predicted molar refractivity (Wildman–Crippen MR) is 108 cm³/mol. The molecule has 150 valence electrons. The fraction of sp³-hybridized carbons (Fsp3) is 0.619. The predicted octanol–water partition coefficient (Wildman–Crippen LogP) is 2.27. The highest BCUT2D eigenvalue weighted by molar-refractivity contribution is 5.80. The number of aliphatic imine (C=N–C) groups is 1. The maximum absolute atomic E-state index is 11.9. The van der Waals surface area contributed by atoms with E-state index in [1.807, 2.05) is 44.2 Å². The molecule has 1 aromatic rings. The summed E-state index contributed by atoms with van der Waals surface area (Å²) in [4.78, 5) is 16.4. The van der Waals surface area contributed by atoms with Gasteiger partial charge in [0.25, 0.3) is 0 Å². The molecule has 1 fully saturated rings. The lowest BCUT2D eigenvalue weighted by Gasteiger charge is -2.29. The number of guanidine groups is 1. The number of nitrogens with zero attached hydrogens (tertiary/aromatic N) is 1. The summed E-state index contributed by atoms with van der Waals surface area (Å²) >= 11 is 0. The Balaban J connectivity index is 1.80. The number of aliphatic hydroxyl groups is 1. The molecule has 6 heteroatoms.